The molecule has 24 heavy (non-hydrogen) atoms. The molecule has 1 aliphatic rings. The molecule has 0 aliphatic carbocycles. The van der Waals surface area contributed by atoms with E-state index in [4.69, 9.17) is 5.26 Å². The van der Waals surface area contributed by atoms with E-state index in [9.17, 15) is 8.42 Å². The highest BCUT2D eigenvalue weighted by molar-refractivity contribution is 7.89. The molecule has 1 fully saturated rings. The third kappa shape index (κ3) is 2.29. The molecule has 4 rings (SSSR count). The maximum atomic E-state index is 12.1. The zero-order valence-corrected chi connectivity index (χ0v) is 13.4. The van der Waals surface area contributed by atoms with Crippen LogP contribution in [0.2, 0.25) is 0 Å². The fourth-order valence-corrected chi connectivity index (χ4v) is 4.29. The van der Waals surface area contributed by atoms with Gasteiger partial charge in [-0.25, -0.2) is 22.7 Å². The van der Waals surface area contributed by atoms with Gasteiger partial charge in [0.1, 0.15) is 6.33 Å². The summed E-state index contributed by atoms with van der Waals surface area (Å²) in [5.74, 6) is -0.566. The van der Waals surface area contributed by atoms with E-state index in [2.05, 4.69) is 25.1 Å². The molecule has 1 atom stereocenters. The van der Waals surface area contributed by atoms with E-state index in [-0.39, 0.29) is 5.92 Å². The Morgan fingerprint density at radius 2 is 2.25 bits per heavy atom. The molecule has 1 unspecified atom stereocenters. The molecule has 122 valence electrons. The number of H-pyrrole nitrogens is 1. The zero-order valence-electron chi connectivity index (χ0n) is 12.5. The Kier molecular flexibility index (Phi) is 3.40. The van der Waals surface area contributed by atoms with Crippen molar-refractivity contribution in [3.63, 3.8) is 0 Å². The number of hydrogen-bond donors (Lipinski definition) is 1. The molecule has 1 aliphatic heterocycles. The standard InChI is InChI=1S/C14H13N7O2S/c15-3-6-24(22,23)21-5-2-9(7-21)12-11-10-1-4-16-13(10)19-20-14(11)18-8-17-12/h1,4,8-9H,2,5-7H2,(H,16,19). The number of sulfonamides is 1. The Bertz CT molecular complexity index is 1070. The minimum atomic E-state index is -3.54. The van der Waals surface area contributed by atoms with Gasteiger partial charge in [0, 0.05) is 30.6 Å². The van der Waals surface area contributed by atoms with Crippen molar-refractivity contribution >= 4 is 32.1 Å². The van der Waals surface area contributed by atoms with Crippen LogP contribution in [0.1, 0.15) is 18.0 Å². The average Bonchev–Trinajstić information content (AvgIpc) is 3.23. The molecule has 9 nitrogen and oxygen atoms in total. The highest BCUT2D eigenvalue weighted by Crippen LogP contribution is 2.33. The van der Waals surface area contributed by atoms with Gasteiger partial charge in [0.05, 0.1) is 17.1 Å². The van der Waals surface area contributed by atoms with Gasteiger partial charge in [-0.3, -0.25) is 0 Å². The van der Waals surface area contributed by atoms with Gasteiger partial charge in [0.2, 0.25) is 10.0 Å². The van der Waals surface area contributed by atoms with E-state index in [1.54, 1.807) is 12.3 Å². The molecule has 0 bridgehead atoms. The smallest absolute Gasteiger partial charge is 0.227 e. The molecule has 3 aromatic heterocycles. The lowest BCUT2D eigenvalue weighted by Gasteiger charge is -2.15. The molecule has 0 saturated carbocycles. The van der Waals surface area contributed by atoms with Crippen LogP contribution in [0.4, 0.5) is 0 Å². The second kappa shape index (κ2) is 5.47. The lowest BCUT2D eigenvalue weighted by molar-refractivity contribution is 0.475. The lowest BCUT2D eigenvalue weighted by atomic mass is 10.0. The summed E-state index contributed by atoms with van der Waals surface area (Å²) >= 11 is 0. The van der Waals surface area contributed by atoms with Gasteiger partial charge in [-0.15, -0.1) is 10.2 Å². The van der Waals surface area contributed by atoms with Crippen molar-refractivity contribution in [3.05, 3.63) is 24.3 Å². The van der Waals surface area contributed by atoms with Gasteiger partial charge in [-0.2, -0.15) is 5.26 Å². The maximum Gasteiger partial charge on any atom is 0.227 e. The van der Waals surface area contributed by atoms with Crippen LogP contribution >= 0.6 is 0 Å². The van der Waals surface area contributed by atoms with Crippen molar-refractivity contribution in [2.45, 2.75) is 12.3 Å². The van der Waals surface area contributed by atoms with Gasteiger partial charge in [0.25, 0.3) is 0 Å². The van der Waals surface area contributed by atoms with Crippen LogP contribution in [-0.2, 0) is 10.0 Å². The molecule has 0 spiro atoms. The number of nitrogens with zero attached hydrogens (tertiary/aromatic N) is 6. The Hall–Kier alpha value is -2.64. The Labute approximate surface area is 137 Å². The summed E-state index contributed by atoms with van der Waals surface area (Å²) in [6, 6.07) is 3.60. The van der Waals surface area contributed by atoms with Crippen molar-refractivity contribution in [2.24, 2.45) is 0 Å². The van der Waals surface area contributed by atoms with Gasteiger partial charge < -0.3 is 4.98 Å². The van der Waals surface area contributed by atoms with Crippen molar-refractivity contribution in [3.8, 4) is 6.07 Å². The van der Waals surface area contributed by atoms with Crippen LogP contribution in [0.3, 0.4) is 0 Å². The second-order valence-electron chi connectivity index (χ2n) is 5.66. The molecule has 3 aromatic rings. The van der Waals surface area contributed by atoms with Gasteiger partial charge >= 0.3 is 0 Å². The topological polar surface area (TPSA) is 129 Å². The highest BCUT2D eigenvalue weighted by Gasteiger charge is 2.33. The highest BCUT2D eigenvalue weighted by atomic mass is 32.2. The Balaban J connectivity index is 1.78. The third-order valence-electron chi connectivity index (χ3n) is 4.27. The first-order valence-electron chi connectivity index (χ1n) is 7.39. The van der Waals surface area contributed by atoms with E-state index >= 15 is 0 Å². The Morgan fingerprint density at radius 3 is 3.08 bits per heavy atom. The molecule has 0 amide bonds. The number of fused-ring (bicyclic) bond motifs is 3. The zero-order chi connectivity index (χ0) is 16.7. The molecule has 0 radical (unpaired) electrons. The predicted molar refractivity (Wildman–Crippen MR) is 85.3 cm³/mol. The molecule has 10 heteroatoms. The summed E-state index contributed by atoms with van der Waals surface area (Å²) in [6.45, 7) is 0.694. The average molecular weight is 343 g/mol. The number of nitriles is 1. The number of hydrogen-bond acceptors (Lipinski definition) is 7. The quantitative estimate of drug-likeness (QED) is 0.735. The third-order valence-corrected chi connectivity index (χ3v) is 5.89. The molecule has 0 aromatic carbocycles. The number of rotatable bonds is 3. The number of aromatic amines is 1. The van der Waals surface area contributed by atoms with Crippen molar-refractivity contribution < 1.29 is 8.42 Å². The summed E-state index contributed by atoms with van der Waals surface area (Å²) in [6.07, 6.45) is 3.84. The molecule has 1 N–H and O–H groups in total. The minimum absolute atomic E-state index is 0.0636. The summed E-state index contributed by atoms with van der Waals surface area (Å²) in [5.41, 5.74) is 1.91. The number of nitrogens with one attached hydrogen (secondary N) is 1. The maximum absolute atomic E-state index is 12.1. The summed E-state index contributed by atoms with van der Waals surface area (Å²) in [4.78, 5) is 11.6. The van der Waals surface area contributed by atoms with E-state index in [1.807, 2.05) is 6.07 Å². The fraction of sp³-hybridized carbons (Fsp3) is 0.357. The van der Waals surface area contributed by atoms with E-state index in [0.29, 0.717) is 30.8 Å². The molecular formula is C14H13N7O2S. The second-order valence-corrected chi connectivity index (χ2v) is 7.62. The summed E-state index contributed by atoms with van der Waals surface area (Å²) < 4.78 is 25.5. The molecule has 1 saturated heterocycles. The van der Waals surface area contributed by atoms with E-state index < -0.39 is 15.8 Å². The van der Waals surface area contributed by atoms with E-state index in [1.165, 1.54) is 10.6 Å². The van der Waals surface area contributed by atoms with E-state index in [0.717, 1.165) is 16.5 Å². The Morgan fingerprint density at radius 1 is 1.38 bits per heavy atom. The predicted octanol–water partition coefficient (Wildman–Crippen LogP) is 0.544. The van der Waals surface area contributed by atoms with Crippen LogP contribution < -0.4 is 0 Å². The van der Waals surface area contributed by atoms with Crippen LogP contribution in [0, 0.1) is 11.3 Å². The first kappa shape index (κ1) is 14.9. The van der Waals surface area contributed by atoms with Crippen LogP contribution in [0.5, 0.6) is 0 Å². The monoisotopic (exact) mass is 343 g/mol. The van der Waals surface area contributed by atoms with Crippen LogP contribution in [0.15, 0.2) is 18.6 Å². The fourth-order valence-electron chi connectivity index (χ4n) is 3.15. The van der Waals surface area contributed by atoms with Gasteiger partial charge in [-0.1, -0.05) is 0 Å². The minimum Gasteiger partial charge on any atom is -0.345 e. The lowest BCUT2D eigenvalue weighted by Crippen LogP contribution is -2.30. The first-order chi connectivity index (χ1) is 11.6. The van der Waals surface area contributed by atoms with Crippen LogP contribution in [-0.4, -0.2) is 56.7 Å². The first-order valence-corrected chi connectivity index (χ1v) is 9.00. The SMILES string of the molecule is N#CCS(=O)(=O)N1CCC(c2ncnc3nnc4[nH]ccc4c23)C1. The van der Waals surface area contributed by atoms with Crippen LogP contribution in [0.25, 0.3) is 22.1 Å². The molecule has 4 heterocycles. The van der Waals surface area contributed by atoms with Gasteiger partial charge in [-0.05, 0) is 12.5 Å². The summed E-state index contributed by atoms with van der Waals surface area (Å²) in [7, 11) is -3.54. The van der Waals surface area contributed by atoms with Crippen molar-refractivity contribution in [1.82, 2.24) is 29.5 Å². The van der Waals surface area contributed by atoms with Crippen molar-refractivity contribution in [2.75, 3.05) is 18.8 Å². The summed E-state index contributed by atoms with van der Waals surface area (Å²) in [5, 5.41) is 18.5. The molecular weight excluding hydrogens is 330 g/mol. The van der Waals surface area contributed by atoms with Gasteiger partial charge in [0.15, 0.2) is 17.0 Å². The van der Waals surface area contributed by atoms with Crippen molar-refractivity contribution in [1.29, 1.82) is 5.26 Å². The normalized spacial score (nSPS) is 19.0. The number of aromatic nitrogens is 5. The largest absolute Gasteiger partial charge is 0.345 e.